The second-order valence-electron chi connectivity index (χ2n) is 2.84. The molecule has 5 nitrogen and oxygen atoms in total. The normalized spacial score (nSPS) is 14.9. The number of nitrogens with zero attached hydrogens (tertiary/aromatic N) is 1. The first-order valence-corrected chi connectivity index (χ1v) is 6.66. The van der Waals surface area contributed by atoms with Gasteiger partial charge in [0.05, 0.1) is 6.20 Å². The topological polar surface area (TPSA) is 79.3 Å². The minimum absolute atomic E-state index is 0.0539. The van der Waals surface area contributed by atoms with Gasteiger partial charge in [-0.15, -0.1) is 0 Å². The highest BCUT2D eigenvalue weighted by Crippen LogP contribution is 2.23. The third kappa shape index (κ3) is 4.07. The first-order chi connectivity index (χ1) is 7.63. The predicted molar refractivity (Wildman–Crippen MR) is 54.4 cm³/mol. The number of aliphatic hydroxyl groups is 1. The first-order valence-electron chi connectivity index (χ1n) is 3.98. The van der Waals surface area contributed by atoms with Gasteiger partial charge in [-0.2, -0.15) is 13.2 Å². The Balaban J connectivity index is 2.69. The molecule has 1 aromatic heterocycles. The van der Waals surface area contributed by atoms with Crippen LogP contribution in [0, 0.1) is 0 Å². The van der Waals surface area contributed by atoms with Gasteiger partial charge in [-0.05, 0) is 0 Å². The molecule has 2 N–H and O–H groups in total. The van der Waals surface area contributed by atoms with E-state index in [9.17, 15) is 21.6 Å². The molecule has 17 heavy (non-hydrogen) atoms. The standard InChI is InChI=1S/C6H6ClF3N2O3S2/c7-5-11-2-4(16-5)17(14,15)12-1-3(13)6(8,9)10/h2-3,12-13H,1H2. The Kier molecular flexibility index (Phi) is 4.36. The molecular formula is C6H6ClF3N2O3S2. The molecule has 98 valence electrons. The zero-order valence-electron chi connectivity index (χ0n) is 7.90. The van der Waals surface area contributed by atoms with Crippen LogP contribution in [0.1, 0.15) is 0 Å². The fourth-order valence-corrected chi connectivity index (χ4v) is 3.11. The molecule has 0 radical (unpaired) electrons. The Morgan fingerprint density at radius 1 is 1.59 bits per heavy atom. The maximum atomic E-state index is 11.9. The fraction of sp³-hybridized carbons (Fsp3) is 0.500. The van der Waals surface area contributed by atoms with E-state index >= 15 is 0 Å². The number of aliphatic hydroxyl groups excluding tert-OH is 1. The maximum Gasteiger partial charge on any atom is 0.415 e. The zero-order chi connectivity index (χ0) is 13.3. The highest BCUT2D eigenvalue weighted by molar-refractivity contribution is 7.91. The Hall–Kier alpha value is -0.420. The van der Waals surface area contributed by atoms with Crippen LogP contribution in [0.15, 0.2) is 10.4 Å². The van der Waals surface area contributed by atoms with Crippen LogP contribution < -0.4 is 4.72 Å². The first kappa shape index (κ1) is 14.6. The van der Waals surface area contributed by atoms with Crippen molar-refractivity contribution in [2.24, 2.45) is 0 Å². The summed E-state index contributed by atoms with van der Waals surface area (Å²) in [5.74, 6) is 0. The SMILES string of the molecule is O=S(=O)(NCC(O)C(F)(F)F)c1cnc(Cl)s1. The van der Waals surface area contributed by atoms with E-state index in [4.69, 9.17) is 16.7 Å². The molecule has 0 aliphatic rings. The fourth-order valence-electron chi connectivity index (χ4n) is 0.739. The van der Waals surface area contributed by atoms with Crippen LogP contribution in [-0.4, -0.2) is 37.3 Å². The molecule has 0 aliphatic heterocycles. The zero-order valence-corrected chi connectivity index (χ0v) is 10.3. The van der Waals surface area contributed by atoms with Crippen molar-refractivity contribution in [2.45, 2.75) is 16.5 Å². The van der Waals surface area contributed by atoms with Crippen LogP contribution in [-0.2, 0) is 10.0 Å². The average Bonchev–Trinajstić information content (AvgIpc) is 2.60. The van der Waals surface area contributed by atoms with Crippen molar-refractivity contribution in [3.63, 3.8) is 0 Å². The molecule has 1 aromatic rings. The van der Waals surface area contributed by atoms with E-state index in [1.54, 1.807) is 4.72 Å². The minimum Gasteiger partial charge on any atom is -0.382 e. The van der Waals surface area contributed by atoms with Crippen molar-refractivity contribution in [3.8, 4) is 0 Å². The molecule has 1 heterocycles. The average molecular weight is 311 g/mol. The van der Waals surface area contributed by atoms with Crippen molar-refractivity contribution >= 4 is 33.0 Å². The highest BCUT2D eigenvalue weighted by atomic mass is 35.5. The van der Waals surface area contributed by atoms with Gasteiger partial charge in [0.25, 0.3) is 10.0 Å². The number of halogens is 4. The summed E-state index contributed by atoms with van der Waals surface area (Å²) in [5, 5.41) is 8.61. The van der Waals surface area contributed by atoms with E-state index in [2.05, 4.69) is 4.98 Å². The molecule has 0 fully saturated rings. The summed E-state index contributed by atoms with van der Waals surface area (Å²) in [4.78, 5) is 3.44. The van der Waals surface area contributed by atoms with E-state index < -0.39 is 28.8 Å². The molecular weight excluding hydrogens is 305 g/mol. The number of rotatable bonds is 4. The molecule has 0 saturated heterocycles. The monoisotopic (exact) mass is 310 g/mol. The second kappa shape index (κ2) is 5.06. The second-order valence-corrected chi connectivity index (χ2v) is 6.45. The van der Waals surface area contributed by atoms with E-state index in [0.717, 1.165) is 6.20 Å². The molecule has 0 spiro atoms. The molecule has 0 bridgehead atoms. The molecule has 0 amide bonds. The molecule has 0 aromatic carbocycles. The number of hydrogen-bond donors (Lipinski definition) is 2. The molecule has 1 rings (SSSR count). The molecule has 0 aliphatic carbocycles. The largest absolute Gasteiger partial charge is 0.415 e. The third-order valence-electron chi connectivity index (χ3n) is 1.57. The van der Waals surface area contributed by atoms with Crippen molar-refractivity contribution in [3.05, 3.63) is 10.7 Å². The Morgan fingerprint density at radius 2 is 2.18 bits per heavy atom. The van der Waals surface area contributed by atoms with E-state index in [1.807, 2.05) is 0 Å². The molecule has 1 unspecified atom stereocenters. The summed E-state index contributed by atoms with van der Waals surface area (Å²) in [6.45, 7) is -1.17. The Labute approximate surface area is 103 Å². The number of aromatic nitrogens is 1. The van der Waals surface area contributed by atoms with Crippen LogP contribution in [0.4, 0.5) is 13.2 Å². The molecule has 11 heteroatoms. The van der Waals surface area contributed by atoms with E-state index in [-0.39, 0.29) is 8.68 Å². The lowest BCUT2D eigenvalue weighted by Gasteiger charge is -2.14. The lowest BCUT2D eigenvalue weighted by Crippen LogP contribution is -2.40. The quantitative estimate of drug-likeness (QED) is 0.869. The Morgan fingerprint density at radius 3 is 2.59 bits per heavy atom. The van der Waals surface area contributed by atoms with Gasteiger partial charge in [0.1, 0.15) is 0 Å². The number of hydrogen-bond acceptors (Lipinski definition) is 5. The van der Waals surface area contributed by atoms with Gasteiger partial charge in [-0.1, -0.05) is 22.9 Å². The van der Waals surface area contributed by atoms with Crippen LogP contribution >= 0.6 is 22.9 Å². The van der Waals surface area contributed by atoms with Gasteiger partial charge < -0.3 is 5.11 Å². The van der Waals surface area contributed by atoms with Gasteiger partial charge in [-0.25, -0.2) is 18.1 Å². The van der Waals surface area contributed by atoms with Crippen molar-refractivity contribution < 1.29 is 26.7 Å². The number of thiazole rings is 1. The molecule has 1 atom stereocenters. The summed E-state index contributed by atoms with van der Waals surface area (Å²) in [7, 11) is -4.13. The van der Waals surface area contributed by atoms with Crippen molar-refractivity contribution in [1.82, 2.24) is 9.71 Å². The molecule has 0 saturated carbocycles. The van der Waals surface area contributed by atoms with E-state index in [1.165, 1.54) is 0 Å². The minimum atomic E-state index is -4.88. The summed E-state index contributed by atoms with van der Waals surface area (Å²) in [6, 6.07) is 0. The van der Waals surface area contributed by atoms with Crippen molar-refractivity contribution in [1.29, 1.82) is 0 Å². The highest BCUT2D eigenvalue weighted by Gasteiger charge is 2.38. The summed E-state index contributed by atoms with van der Waals surface area (Å²) >= 11 is 5.98. The van der Waals surface area contributed by atoms with Gasteiger partial charge in [-0.3, -0.25) is 0 Å². The lowest BCUT2D eigenvalue weighted by atomic mass is 10.4. The van der Waals surface area contributed by atoms with Crippen molar-refractivity contribution in [2.75, 3.05) is 6.54 Å². The van der Waals surface area contributed by atoms with Gasteiger partial charge >= 0.3 is 6.18 Å². The van der Waals surface area contributed by atoms with E-state index in [0.29, 0.717) is 11.3 Å². The summed E-state index contributed by atoms with van der Waals surface area (Å²) in [6.07, 6.45) is -6.73. The number of alkyl halides is 3. The summed E-state index contributed by atoms with van der Waals surface area (Å²) in [5.41, 5.74) is 0. The number of sulfonamides is 1. The van der Waals surface area contributed by atoms with Gasteiger partial charge in [0.15, 0.2) is 14.8 Å². The van der Waals surface area contributed by atoms with Crippen LogP contribution in [0.2, 0.25) is 4.47 Å². The number of nitrogens with one attached hydrogen (secondary N) is 1. The van der Waals surface area contributed by atoms with Crippen LogP contribution in [0.25, 0.3) is 0 Å². The predicted octanol–water partition coefficient (Wildman–Crippen LogP) is 0.998. The van der Waals surface area contributed by atoms with Gasteiger partial charge in [0, 0.05) is 6.54 Å². The smallest absolute Gasteiger partial charge is 0.382 e. The van der Waals surface area contributed by atoms with Gasteiger partial charge in [0.2, 0.25) is 0 Å². The lowest BCUT2D eigenvalue weighted by molar-refractivity contribution is -0.200. The van der Waals surface area contributed by atoms with Crippen LogP contribution in [0.5, 0.6) is 0 Å². The van der Waals surface area contributed by atoms with Crippen LogP contribution in [0.3, 0.4) is 0 Å². The third-order valence-corrected chi connectivity index (χ3v) is 4.57. The Bertz CT molecular complexity index is 487. The maximum absolute atomic E-state index is 11.9. The summed E-state index contributed by atoms with van der Waals surface area (Å²) < 4.78 is 59.8.